The zero-order valence-electron chi connectivity index (χ0n) is 10.4. The molecule has 1 amide bonds. The van der Waals surface area contributed by atoms with Crippen LogP contribution >= 0.6 is 0 Å². The van der Waals surface area contributed by atoms with Crippen LogP contribution in [0.1, 0.15) is 0 Å². The van der Waals surface area contributed by atoms with Crippen LogP contribution in [0, 0.1) is 0 Å². The molecule has 0 unspecified atom stereocenters. The molecular formula is C13H15FN2O3. The van der Waals surface area contributed by atoms with Crippen LogP contribution in [0.4, 0.5) is 20.6 Å². The normalized spacial score (nSPS) is 23.6. The topological polar surface area (TPSA) is 42.0 Å². The standard InChI is InChI=1S/C13H15FN2O3/c14-12-9-18-7-5-15(12)10-1-3-11(4-2-10)16-6-8-19-13(16)17/h1-4,12H,5-9H2/t12-/m1/s1. The van der Waals surface area contributed by atoms with E-state index in [1.165, 1.54) is 0 Å². The maximum absolute atomic E-state index is 13.7. The van der Waals surface area contributed by atoms with Crippen molar-refractivity contribution in [1.82, 2.24) is 0 Å². The van der Waals surface area contributed by atoms with E-state index in [4.69, 9.17) is 9.47 Å². The molecule has 2 fully saturated rings. The highest BCUT2D eigenvalue weighted by atomic mass is 19.1. The molecule has 2 aliphatic heterocycles. The van der Waals surface area contributed by atoms with Crippen molar-refractivity contribution in [3.8, 4) is 0 Å². The van der Waals surface area contributed by atoms with Crippen molar-refractivity contribution in [1.29, 1.82) is 0 Å². The van der Waals surface area contributed by atoms with Gasteiger partial charge in [-0.05, 0) is 24.3 Å². The molecule has 0 saturated carbocycles. The molecule has 2 heterocycles. The van der Waals surface area contributed by atoms with Crippen LogP contribution in [0.5, 0.6) is 0 Å². The van der Waals surface area contributed by atoms with E-state index in [0.29, 0.717) is 26.3 Å². The first kappa shape index (κ1) is 12.2. The van der Waals surface area contributed by atoms with Gasteiger partial charge in [0.25, 0.3) is 0 Å². The van der Waals surface area contributed by atoms with Gasteiger partial charge in [-0.1, -0.05) is 0 Å². The van der Waals surface area contributed by atoms with Gasteiger partial charge < -0.3 is 14.4 Å². The first-order valence-electron chi connectivity index (χ1n) is 6.28. The van der Waals surface area contributed by atoms with E-state index in [1.807, 2.05) is 24.3 Å². The number of halogens is 1. The van der Waals surface area contributed by atoms with Crippen LogP contribution in [-0.2, 0) is 9.47 Å². The van der Waals surface area contributed by atoms with Gasteiger partial charge >= 0.3 is 6.09 Å². The zero-order chi connectivity index (χ0) is 13.2. The van der Waals surface area contributed by atoms with Crippen molar-refractivity contribution in [3.63, 3.8) is 0 Å². The fourth-order valence-corrected chi connectivity index (χ4v) is 2.32. The molecule has 2 aliphatic rings. The van der Waals surface area contributed by atoms with E-state index in [0.717, 1.165) is 11.4 Å². The van der Waals surface area contributed by atoms with Gasteiger partial charge in [-0.15, -0.1) is 0 Å². The Labute approximate surface area is 110 Å². The number of carbonyl (C=O) groups is 1. The van der Waals surface area contributed by atoms with E-state index in [9.17, 15) is 9.18 Å². The summed E-state index contributed by atoms with van der Waals surface area (Å²) in [5.74, 6) is 0. The van der Waals surface area contributed by atoms with Crippen molar-refractivity contribution in [2.75, 3.05) is 42.7 Å². The Balaban J connectivity index is 1.76. The number of morpholine rings is 1. The third kappa shape index (κ3) is 2.35. The zero-order valence-corrected chi connectivity index (χ0v) is 10.4. The second kappa shape index (κ2) is 5.05. The molecule has 0 aromatic heterocycles. The number of amides is 1. The van der Waals surface area contributed by atoms with Gasteiger partial charge in [0.2, 0.25) is 0 Å². The molecule has 0 radical (unpaired) electrons. The maximum Gasteiger partial charge on any atom is 0.414 e. The number of anilines is 2. The Morgan fingerprint density at radius 1 is 1.11 bits per heavy atom. The van der Waals surface area contributed by atoms with Crippen molar-refractivity contribution in [2.45, 2.75) is 6.30 Å². The molecule has 0 bridgehead atoms. The summed E-state index contributed by atoms with van der Waals surface area (Å²) in [6.45, 7) is 2.13. The summed E-state index contributed by atoms with van der Waals surface area (Å²) in [6, 6.07) is 7.26. The van der Waals surface area contributed by atoms with Crippen LogP contribution in [-0.4, -0.2) is 45.3 Å². The predicted octanol–water partition coefficient (Wildman–Crippen LogP) is 1.78. The number of hydrogen-bond acceptors (Lipinski definition) is 4. The third-order valence-electron chi connectivity index (χ3n) is 3.32. The summed E-state index contributed by atoms with van der Waals surface area (Å²) in [4.78, 5) is 14.7. The Morgan fingerprint density at radius 2 is 1.84 bits per heavy atom. The van der Waals surface area contributed by atoms with Crippen molar-refractivity contribution in [2.24, 2.45) is 0 Å². The van der Waals surface area contributed by atoms with Crippen molar-refractivity contribution >= 4 is 17.5 Å². The van der Waals surface area contributed by atoms with Crippen LogP contribution in [0.2, 0.25) is 0 Å². The fraction of sp³-hybridized carbons (Fsp3) is 0.462. The lowest BCUT2D eigenvalue weighted by atomic mass is 10.2. The largest absolute Gasteiger partial charge is 0.447 e. The molecule has 0 N–H and O–H groups in total. The summed E-state index contributed by atoms with van der Waals surface area (Å²) >= 11 is 0. The molecule has 1 aromatic rings. The van der Waals surface area contributed by atoms with Gasteiger partial charge in [0, 0.05) is 17.9 Å². The minimum absolute atomic E-state index is 0.0974. The van der Waals surface area contributed by atoms with Crippen LogP contribution in [0.3, 0.4) is 0 Å². The van der Waals surface area contributed by atoms with Gasteiger partial charge in [-0.2, -0.15) is 0 Å². The van der Waals surface area contributed by atoms with Gasteiger partial charge in [-0.25, -0.2) is 9.18 Å². The highest BCUT2D eigenvalue weighted by molar-refractivity contribution is 5.89. The highest BCUT2D eigenvalue weighted by Crippen LogP contribution is 2.25. The number of hydrogen-bond donors (Lipinski definition) is 0. The minimum Gasteiger partial charge on any atom is -0.447 e. The van der Waals surface area contributed by atoms with Gasteiger partial charge in [0.05, 0.1) is 19.8 Å². The molecule has 19 heavy (non-hydrogen) atoms. The molecule has 102 valence electrons. The average molecular weight is 266 g/mol. The average Bonchev–Trinajstić information content (AvgIpc) is 2.86. The molecule has 6 heteroatoms. The lowest BCUT2D eigenvalue weighted by Gasteiger charge is -2.32. The van der Waals surface area contributed by atoms with Gasteiger partial charge in [-0.3, -0.25) is 4.90 Å². The van der Waals surface area contributed by atoms with E-state index in [1.54, 1.807) is 9.80 Å². The van der Waals surface area contributed by atoms with Crippen LogP contribution in [0.25, 0.3) is 0 Å². The Morgan fingerprint density at radius 3 is 2.47 bits per heavy atom. The first-order chi connectivity index (χ1) is 9.25. The molecular weight excluding hydrogens is 251 g/mol. The van der Waals surface area contributed by atoms with Crippen LogP contribution < -0.4 is 9.80 Å². The van der Waals surface area contributed by atoms with Crippen LogP contribution in [0.15, 0.2) is 24.3 Å². The number of rotatable bonds is 2. The number of carbonyl (C=O) groups excluding carboxylic acids is 1. The molecule has 5 nitrogen and oxygen atoms in total. The molecule has 3 rings (SSSR count). The quantitative estimate of drug-likeness (QED) is 0.765. The number of benzene rings is 1. The summed E-state index contributed by atoms with van der Waals surface area (Å²) in [5.41, 5.74) is 1.57. The summed E-state index contributed by atoms with van der Waals surface area (Å²) in [6.07, 6.45) is -1.45. The number of ether oxygens (including phenoxy) is 2. The Bertz CT molecular complexity index is 465. The third-order valence-corrected chi connectivity index (χ3v) is 3.32. The molecule has 1 aromatic carbocycles. The lowest BCUT2D eigenvalue weighted by molar-refractivity contribution is 0.0497. The molecule has 2 saturated heterocycles. The first-order valence-corrected chi connectivity index (χ1v) is 6.28. The van der Waals surface area contributed by atoms with Crippen molar-refractivity contribution in [3.05, 3.63) is 24.3 Å². The maximum atomic E-state index is 13.7. The van der Waals surface area contributed by atoms with Gasteiger partial charge in [0.1, 0.15) is 6.61 Å². The van der Waals surface area contributed by atoms with E-state index < -0.39 is 6.30 Å². The monoisotopic (exact) mass is 266 g/mol. The van der Waals surface area contributed by atoms with E-state index in [-0.39, 0.29) is 12.7 Å². The van der Waals surface area contributed by atoms with Crippen molar-refractivity contribution < 1.29 is 18.7 Å². The van der Waals surface area contributed by atoms with E-state index >= 15 is 0 Å². The van der Waals surface area contributed by atoms with Gasteiger partial charge in [0.15, 0.2) is 6.30 Å². The second-order valence-electron chi connectivity index (χ2n) is 4.49. The Hall–Kier alpha value is -1.82. The SMILES string of the molecule is O=C1OCCN1c1ccc(N2CCOC[C@@H]2F)cc1. The number of nitrogens with zero attached hydrogens (tertiary/aromatic N) is 2. The smallest absolute Gasteiger partial charge is 0.414 e. The second-order valence-corrected chi connectivity index (χ2v) is 4.49. The molecule has 0 aliphatic carbocycles. The summed E-state index contributed by atoms with van der Waals surface area (Å²) in [7, 11) is 0. The molecule has 0 spiro atoms. The number of alkyl halides is 1. The summed E-state index contributed by atoms with van der Waals surface area (Å²) < 4.78 is 23.7. The summed E-state index contributed by atoms with van der Waals surface area (Å²) in [5, 5.41) is 0. The Kier molecular flexibility index (Phi) is 3.25. The highest BCUT2D eigenvalue weighted by Gasteiger charge is 2.25. The molecule has 1 atom stereocenters. The van der Waals surface area contributed by atoms with E-state index in [2.05, 4.69) is 0 Å². The lowest BCUT2D eigenvalue weighted by Crippen LogP contribution is -2.42. The fourth-order valence-electron chi connectivity index (χ4n) is 2.32. The number of cyclic esters (lactones) is 1. The predicted molar refractivity (Wildman–Crippen MR) is 68.2 cm³/mol. The minimum atomic E-state index is -1.11.